The van der Waals surface area contributed by atoms with Crippen molar-refractivity contribution in [1.82, 2.24) is 0 Å². The summed E-state index contributed by atoms with van der Waals surface area (Å²) >= 11 is 0. The van der Waals surface area contributed by atoms with Gasteiger partial charge in [0.15, 0.2) is 11.9 Å². The van der Waals surface area contributed by atoms with Crippen LogP contribution in [0.3, 0.4) is 0 Å². The van der Waals surface area contributed by atoms with Crippen molar-refractivity contribution in [3.63, 3.8) is 0 Å². The number of furan rings is 1. The SMILES string of the molecule is Cc1ccc(C(=O)c2oc3ccccc3c2NC(=O)[C@H](C)Oc2cc(C)ccc2C(C)C)cc1. The van der Waals surface area contributed by atoms with E-state index in [1.807, 2.05) is 62.4 Å². The van der Waals surface area contributed by atoms with Crippen molar-refractivity contribution < 1.29 is 18.7 Å². The molecule has 0 unspecified atom stereocenters. The first-order valence-electron chi connectivity index (χ1n) is 11.5. The molecule has 0 aliphatic rings. The standard InChI is InChI=1S/C29H29NO4/c1-17(2)22-15-12-19(4)16-25(22)33-20(5)29(32)30-26-23-8-6-7-9-24(23)34-28(26)27(31)21-13-10-18(3)11-14-21/h6-17,20H,1-5H3,(H,30,32)/t20-/m0/s1. The number of carbonyl (C=O) groups is 2. The van der Waals surface area contributed by atoms with Gasteiger partial charge in [0.25, 0.3) is 5.91 Å². The number of nitrogens with one attached hydrogen (secondary N) is 1. The second-order valence-electron chi connectivity index (χ2n) is 8.94. The Morgan fingerprint density at radius 1 is 0.882 bits per heavy atom. The van der Waals surface area contributed by atoms with E-state index in [0.29, 0.717) is 28.0 Å². The van der Waals surface area contributed by atoms with Crippen molar-refractivity contribution in [1.29, 1.82) is 0 Å². The molecule has 34 heavy (non-hydrogen) atoms. The van der Waals surface area contributed by atoms with Crippen molar-refractivity contribution in [3.8, 4) is 5.75 Å². The zero-order valence-electron chi connectivity index (χ0n) is 20.1. The van der Waals surface area contributed by atoms with Gasteiger partial charge in [-0.3, -0.25) is 9.59 Å². The molecule has 0 spiro atoms. The lowest BCUT2D eigenvalue weighted by Gasteiger charge is -2.19. The Labute approximate surface area is 199 Å². The van der Waals surface area contributed by atoms with Crippen LogP contribution in [0.2, 0.25) is 0 Å². The fourth-order valence-corrected chi connectivity index (χ4v) is 3.85. The number of carbonyl (C=O) groups excluding carboxylic acids is 2. The average molecular weight is 456 g/mol. The molecule has 0 saturated heterocycles. The third-order valence-corrected chi connectivity index (χ3v) is 5.83. The summed E-state index contributed by atoms with van der Waals surface area (Å²) in [7, 11) is 0. The Kier molecular flexibility index (Phi) is 6.55. The van der Waals surface area contributed by atoms with E-state index < -0.39 is 6.10 Å². The van der Waals surface area contributed by atoms with Crippen LogP contribution in [0, 0.1) is 13.8 Å². The number of para-hydroxylation sites is 1. The number of benzene rings is 3. The molecule has 0 saturated carbocycles. The molecule has 5 heteroatoms. The predicted molar refractivity (Wildman–Crippen MR) is 135 cm³/mol. The highest BCUT2D eigenvalue weighted by molar-refractivity contribution is 6.17. The minimum atomic E-state index is -0.782. The first-order valence-corrected chi connectivity index (χ1v) is 11.5. The van der Waals surface area contributed by atoms with Crippen molar-refractivity contribution in [3.05, 3.63) is 94.7 Å². The number of aryl methyl sites for hydroxylation is 2. The number of ether oxygens (including phenoxy) is 1. The number of anilines is 1. The molecule has 3 aromatic carbocycles. The second-order valence-corrected chi connectivity index (χ2v) is 8.94. The van der Waals surface area contributed by atoms with Crippen molar-refractivity contribution in [2.45, 2.75) is 46.6 Å². The number of fused-ring (bicyclic) bond motifs is 1. The number of amides is 1. The lowest BCUT2D eigenvalue weighted by Crippen LogP contribution is -2.31. The molecule has 1 aromatic heterocycles. The van der Waals surface area contributed by atoms with Gasteiger partial charge in [-0.2, -0.15) is 0 Å². The van der Waals surface area contributed by atoms with Crippen LogP contribution in [0.1, 0.15) is 59.5 Å². The highest BCUT2D eigenvalue weighted by atomic mass is 16.5. The van der Waals surface area contributed by atoms with E-state index in [1.54, 1.807) is 25.1 Å². The van der Waals surface area contributed by atoms with Crippen molar-refractivity contribution in [2.24, 2.45) is 0 Å². The zero-order chi connectivity index (χ0) is 24.4. The highest BCUT2D eigenvalue weighted by Crippen LogP contribution is 2.33. The first-order chi connectivity index (χ1) is 16.2. The highest BCUT2D eigenvalue weighted by Gasteiger charge is 2.26. The van der Waals surface area contributed by atoms with E-state index in [2.05, 4.69) is 19.2 Å². The maximum atomic E-state index is 13.3. The lowest BCUT2D eigenvalue weighted by atomic mass is 10.0. The molecule has 5 nitrogen and oxygen atoms in total. The molecule has 1 N–H and O–H groups in total. The van der Waals surface area contributed by atoms with E-state index >= 15 is 0 Å². The Balaban J connectivity index is 1.65. The molecule has 1 heterocycles. The molecule has 0 fully saturated rings. The van der Waals surface area contributed by atoms with Gasteiger partial charge in [-0.1, -0.05) is 67.9 Å². The number of ketones is 1. The van der Waals surface area contributed by atoms with Gasteiger partial charge in [0.05, 0.1) is 5.69 Å². The Morgan fingerprint density at radius 2 is 1.56 bits per heavy atom. The van der Waals surface area contributed by atoms with Crippen LogP contribution in [0.4, 0.5) is 5.69 Å². The molecule has 0 radical (unpaired) electrons. The van der Waals surface area contributed by atoms with Crippen molar-refractivity contribution in [2.75, 3.05) is 5.32 Å². The van der Waals surface area contributed by atoms with Crippen LogP contribution in [0.5, 0.6) is 5.75 Å². The molecule has 4 rings (SSSR count). The minimum absolute atomic E-state index is 0.101. The smallest absolute Gasteiger partial charge is 0.265 e. The molecule has 1 atom stereocenters. The van der Waals surface area contributed by atoms with Crippen LogP contribution < -0.4 is 10.1 Å². The first kappa shape index (κ1) is 23.3. The summed E-state index contributed by atoms with van der Waals surface area (Å²) in [4.78, 5) is 26.5. The molecule has 1 amide bonds. The number of hydrogen-bond acceptors (Lipinski definition) is 4. The van der Waals surface area contributed by atoms with Gasteiger partial charge in [-0.15, -0.1) is 0 Å². The summed E-state index contributed by atoms with van der Waals surface area (Å²) in [5.41, 5.74) is 4.52. The van der Waals surface area contributed by atoms with Crippen LogP contribution in [-0.2, 0) is 4.79 Å². The molecule has 0 bridgehead atoms. The summed E-state index contributed by atoms with van der Waals surface area (Å²) in [5.74, 6) is 0.388. The van der Waals surface area contributed by atoms with Crippen LogP contribution >= 0.6 is 0 Å². The third kappa shape index (κ3) is 4.74. The quantitative estimate of drug-likeness (QED) is 0.311. The fraction of sp³-hybridized carbons (Fsp3) is 0.241. The normalized spacial score (nSPS) is 12.1. The maximum Gasteiger partial charge on any atom is 0.265 e. The van der Waals surface area contributed by atoms with Gasteiger partial charge >= 0.3 is 0 Å². The van der Waals surface area contributed by atoms with Crippen LogP contribution in [0.15, 0.2) is 71.1 Å². The topological polar surface area (TPSA) is 68.5 Å². The number of hydrogen-bond donors (Lipinski definition) is 1. The summed E-state index contributed by atoms with van der Waals surface area (Å²) < 4.78 is 12.0. The third-order valence-electron chi connectivity index (χ3n) is 5.83. The number of rotatable bonds is 7. The Hall–Kier alpha value is -3.86. The molecular weight excluding hydrogens is 426 g/mol. The molecule has 174 valence electrons. The van der Waals surface area contributed by atoms with Gasteiger partial charge in [0, 0.05) is 10.9 Å². The van der Waals surface area contributed by atoms with E-state index in [4.69, 9.17) is 9.15 Å². The maximum absolute atomic E-state index is 13.3. The lowest BCUT2D eigenvalue weighted by molar-refractivity contribution is -0.122. The van der Waals surface area contributed by atoms with Gasteiger partial charge in [0.1, 0.15) is 11.3 Å². The van der Waals surface area contributed by atoms with Gasteiger partial charge < -0.3 is 14.5 Å². The van der Waals surface area contributed by atoms with Crippen LogP contribution in [0.25, 0.3) is 11.0 Å². The van der Waals surface area contributed by atoms with Gasteiger partial charge in [0.2, 0.25) is 5.78 Å². The molecule has 0 aliphatic heterocycles. The molecule has 0 aliphatic carbocycles. The summed E-state index contributed by atoms with van der Waals surface area (Å²) in [6.07, 6.45) is -0.782. The average Bonchev–Trinajstić information content (AvgIpc) is 3.17. The molecular formula is C29H29NO4. The van der Waals surface area contributed by atoms with Crippen molar-refractivity contribution >= 4 is 28.3 Å². The zero-order valence-corrected chi connectivity index (χ0v) is 20.1. The summed E-state index contributed by atoms with van der Waals surface area (Å²) in [6.45, 7) is 9.82. The van der Waals surface area contributed by atoms with Gasteiger partial charge in [-0.25, -0.2) is 0 Å². The van der Waals surface area contributed by atoms with Crippen LogP contribution in [-0.4, -0.2) is 17.8 Å². The fourth-order valence-electron chi connectivity index (χ4n) is 3.85. The Bertz CT molecular complexity index is 1350. The van der Waals surface area contributed by atoms with E-state index in [0.717, 1.165) is 16.7 Å². The minimum Gasteiger partial charge on any atom is -0.481 e. The summed E-state index contributed by atoms with van der Waals surface area (Å²) in [5, 5.41) is 3.56. The molecule has 4 aromatic rings. The van der Waals surface area contributed by atoms with E-state index in [-0.39, 0.29) is 23.4 Å². The monoisotopic (exact) mass is 455 g/mol. The predicted octanol–water partition coefficient (Wildman–Crippen LogP) is 6.81. The van der Waals surface area contributed by atoms with E-state index in [1.165, 1.54) is 0 Å². The largest absolute Gasteiger partial charge is 0.481 e. The second kappa shape index (κ2) is 9.56. The van der Waals surface area contributed by atoms with E-state index in [9.17, 15) is 9.59 Å². The summed E-state index contributed by atoms with van der Waals surface area (Å²) in [6, 6.07) is 20.5. The van der Waals surface area contributed by atoms with Gasteiger partial charge in [-0.05, 0) is 56.0 Å². The Morgan fingerprint density at radius 3 is 2.26 bits per heavy atom.